The Hall–Kier alpha value is -3.38. The topological polar surface area (TPSA) is 186 Å². The number of nitrogens with one attached hydrogen (secondary N) is 1. The number of amides is 1. The Labute approximate surface area is 213 Å². The van der Waals surface area contributed by atoms with Gasteiger partial charge in [-0.1, -0.05) is 6.07 Å². The molecule has 2 aromatic heterocycles. The Kier molecular flexibility index (Phi) is 6.50. The minimum Gasteiger partial charge on any atom is -0.387 e. The Morgan fingerprint density at radius 3 is 2.68 bits per heavy atom. The van der Waals surface area contributed by atoms with Crippen molar-refractivity contribution in [3.8, 4) is 0 Å². The van der Waals surface area contributed by atoms with E-state index >= 15 is 0 Å². The van der Waals surface area contributed by atoms with Crippen LogP contribution in [0.15, 0.2) is 35.7 Å². The molecule has 38 heavy (non-hydrogen) atoms. The normalized spacial score (nSPS) is 24.1. The number of hydrogen-bond acceptors (Lipinski definition) is 10. The summed E-state index contributed by atoms with van der Waals surface area (Å²) in [5.41, 5.74) is 7.19. The zero-order valence-corrected chi connectivity index (χ0v) is 20.2. The third kappa shape index (κ3) is 4.66. The van der Waals surface area contributed by atoms with Crippen LogP contribution in [-0.4, -0.2) is 86.5 Å². The van der Waals surface area contributed by atoms with E-state index in [2.05, 4.69) is 19.7 Å². The zero-order valence-electron chi connectivity index (χ0n) is 19.4. The van der Waals surface area contributed by atoms with Gasteiger partial charge in [0.1, 0.15) is 30.2 Å². The Morgan fingerprint density at radius 1 is 1.18 bits per heavy atom. The van der Waals surface area contributed by atoms with E-state index in [-0.39, 0.29) is 41.4 Å². The van der Waals surface area contributed by atoms with Crippen LogP contribution in [-0.2, 0) is 32.5 Å². The highest BCUT2D eigenvalue weighted by Gasteiger charge is 2.45. The summed E-state index contributed by atoms with van der Waals surface area (Å²) in [5.74, 6) is -1.84. The second-order valence-electron chi connectivity index (χ2n) is 8.89. The quantitative estimate of drug-likeness (QED) is 0.317. The number of fused-ring (bicyclic) bond motifs is 2. The fourth-order valence-corrected chi connectivity index (χ4v) is 5.60. The number of nitrogen functional groups attached to an aromatic ring is 1. The molecule has 1 fully saturated rings. The van der Waals surface area contributed by atoms with E-state index in [1.807, 2.05) is 0 Å². The zero-order chi connectivity index (χ0) is 27.4. The number of alkyl halides is 3. The molecule has 0 spiro atoms. The van der Waals surface area contributed by atoms with E-state index in [9.17, 15) is 36.6 Å². The predicted octanol–water partition coefficient (Wildman–Crippen LogP) is -0.547. The van der Waals surface area contributed by atoms with Crippen LogP contribution in [0.25, 0.3) is 11.2 Å². The van der Waals surface area contributed by atoms with Gasteiger partial charge in [0.2, 0.25) is 10.0 Å². The van der Waals surface area contributed by atoms with Gasteiger partial charge >= 0.3 is 12.1 Å². The van der Waals surface area contributed by atoms with E-state index in [0.29, 0.717) is 16.0 Å². The van der Waals surface area contributed by atoms with Crippen molar-refractivity contribution in [3.63, 3.8) is 0 Å². The monoisotopic (exact) mass is 557 g/mol. The van der Waals surface area contributed by atoms with Gasteiger partial charge < -0.3 is 25.6 Å². The van der Waals surface area contributed by atoms with Gasteiger partial charge in [0, 0.05) is 19.6 Å². The van der Waals surface area contributed by atoms with Crippen LogP contribution < -0.4 is 10.5 Å². The van der Waals surface area contributed by atoms with Crippen LogP contribution in [0.2, 0.25) is 0 Å². The van der Waals surface area contributed by atoms with Crippen LogP contribution >= 0.6 is 0 Å². The summed E-state index contributed by atoms with van der Waals surface area (Å²) in [4.78, 5) is 24.0. The number of benzene rings is 1. The van der Waals surface area contributed by atoms with Crippen LogP contribution in [0.3, 0.4) is 0 Å². The van der Waals surface area contributed by atoms with E-state index in [0.717, 1.165) is 0 Å². The molecule has 3 aromatic rings. The number of ether oxygens (including phenoxy) is 1. The van der Waals surface area contributed by atoms with Gasteiger partial charge in [0.05, 0.1) is 11.2 Å². The first-order valence-corrected chi connectivity index (χ1v) is 12.8. The molecule has 1 saturated heterocycles. The summed E-state index contributed by atoms with van der Waals surface area (Å²) >= 11 is 0. The number of halogens is 3. The molecule has 5 rings (SSSR count). The largest absolute Gasteiger partial charge is 0.471 e. The first-order chi connectivity index (χ1) is 17.9. The number of aliphatic hydroxyl groups excluding tert-OH is 2. The number of aromatic nitrogens is 4. The third-order valence-electron chi connectivity index (χ3n) is 6.50. The highest BCUT2D eigenvalue weighted by molar-refractivity contribution is 7.89. The van der Waals surface area contributed by atoms with Crippen molar-refractivity contribution < 1.29 is 41.3 Å². The molecule has 17 heteroatoms. The average molecular weight is 558 g/mol. The molecule has 2 aliphatic heterocycles. The molecule has 0 saturated carbocycles. The lowest BCUT2D eigenvalue weighted by Crippen LogP contribution is -2.43. The van der Waals surface area contributed by atoms with Crippen LogP contribution in [0, 0.1) is 0 Å². The third-order valence-corrected chi connectivity index (χ3v) is 7.92. The number of carbonyl (C=O) groups is 1. The van der Waals surface area contributed by atoms with E-state index in [4.69, 9.17) is 10.5 Å². The summed E-state index contributed by atoms with van der Waals surface area (Å²) < 4.78 is 73.5. The Balaban J connectivity index is 1.27. The van der Waals surface area contributed by atoms with Crippen molar-refractivity contribution in [2.75, 3.05) is 18.8 Å². The number of imidazole rings is 1. The number of anilines is 1. The molecule has 4 heterocycles. The number of nitrogens with zero attached hydrogens (tertiary/aromatic N) is 5. The molecule has 1 aromatic carbocycles. The van der Waals surface area contributed by atoms with Crippen molar-refractivity contribution in [2.24, 2.45) is 0 Å². The van der Waals surface area contributed by atoms with Gasteiger partial charge in [-0.15, -0.1) is 0 Å². The molecule has 2 aliphatic rings. The minimum absolute atomic E-state index is 0.0474. The van der Waals surface area contributed by atoms with Gasteiger partial charge in [0.25, 0.3) is 0 Å². The molecule has 4 atom stereocenters. The maximum atomic E-state index is 12.9. The Bertz CT molecular complexity index is 1500. The SMILES string of the molecule is Nc1ncnc2c1ncn2[C@@H]1O[C@H](CNS(=O)(=O)c2ccc3c(c2)CCN(C(=O)C(F)(F)F)C3)[C@@H](O)[C@H]1O. The highest BCUT2D eigenvalue weighted by Crippen LogP contribution is 2.32. The number of carbonyl (C=O) groups excluding carboxylic acids is 1. The van der Waals surface area contributed by atoms with Gasteiger partial charge in [0.15, 0.2) is 17.7 Å². The molecule has 0 bridgehead atoms. The second kappa shape index (κ2) is 9.42. The van der Waals surface area contributed by atoms with Crippen LogP contribution in [0.4, 0.5) is 19.0 Å². The van der Waals surface area contributed by atoms with Gasteiger partial charge in [-0.05, 0) is 29.7 Å². The van der Waals surface area contributed by atoms with E-state index < -0.39 is 53.2 Å². The first-order valence-electron chi connectivity index (χ1n) is 11.3. The number of nitrogens with two attached hydrogens (primary N) is 1. The minimum atomic E-state index is -4.99. The summed E-state index contributed by atoms with van der Waals surface area (Å²) in [5, 5.41) is 21.0. The Morgan fingerprint density at radius 2 is 1.95 bits per heavy atom. The molecule has 1 amide bonds. The summed E-state index contributed by atoms with van der Waals surface area (Å²) in [6, 6.07) is 3.91. The molecule has 0 aliphatic carbocycles. The highest BCUT2D eigenvalue weighted by atomic mass is 32.2. The summed E-state index contributed by atoms with van der Waals surface area (Å²) in [6.45, 7) is -0.892. The molecule has 0 radical (unpaired) electrons. The van der Waals surface area contributed by atoms with Crippen LogP contribution in [0.5, 0.6) is 0 Å². The van der Waals surface area contributed by atoms with Crippen molar-refractivity contribution in [1.29, 1.82) is 0 Å². The molecule has 5 N–H and O–H groups in total. The van der Waals surface area contributed by atoms with Crippen LogP contribution in [0.1, 0.15) is 17.4 Å². The molecular formula is C21H22F3N7O6S. The maximum Gasteiger partial charge on any atom is 0.471 e. The fourth-order valence-electron chi connectivity index (χ4n) is 4.51. The van der Waals surface area contributed by atoms with Gasteiger partial charge in [-0.3, -0.25) is 9.36 Å². The van der Waals surface area contributed by atoms with Gasteiger partial charge in [-0.25, -0.2) is 28.1 Å². The number of sulfonamides is 1. The van der Waals surface area contributed by atoms with E-state index in [1.54, 1.807) is 0 Å². The predicted molar refractivity (Wildman–Crippen MR) is 122 cm³/mol. The molecule has 204 valence electrons. The van der Waals surface area contributed by atoms with Crippen molar-refractivity contribution in [3.05, 3.63) is 42.0 Å². The number of hydrogen-bond donors (Lipinski definition) is 4. The average Bonchev–Trinajstić information content (AvgIpc) is 3.43. The first kappa shape index (κ1) is 26.2. The van der Waals surface area contributed by atoms with Gasteiger partial charge in [-0.2, -0.15) is 13.2 Å². The lowest BCUT2D eigenvalue weighted by atomic mass is 10.00. The molecule has 0 unspecified atom stereocenters. The number of aliphatic hydroxyl groups is 2. The van der Waals surface area contributed by atoms with Crippen molar-refractivity contribution in [2.45, 2.75) is 48.6 Å². The fraction of sp³-hybridized carbons (Fsp3) is 0.429. The van der Waals surface area contributed by atoms with Crippen molar-refractivity contribution >= 4 is 32.9 Å². The maximum absolute atomic E-state index is 12.9. The number of rotatable bonds is 5. The lowest BCUT2D eigenvalue weighted by molar-refractivity contribution is -0.186. The molecule has 13 nitrogen and oxygen atoms in total. The summed E-state index contributed by atoms with van der Waals surface area (Å²) in [7, 11) is -4.13. The van der Waals surface area contributed by atoms with E-state index in [1.165, 1.54) is 35.4 Å². The molecular weight excluding hydrogens is 535 g/mol. The standard InChI is InChI=1S/C21H22F3N7O6S/c22-21(23,24)20(34)30-4-3-10-5-12(2-1-11(10)7-30)38(35,36)29-6-13-15(32)16(33)19(37-13)31-9-28-14-17(25)26-8-27-18(14)31/h1-2,5,8-9,13,15-16,19,29,32-33H,3-4,6-7H2,(H2,25,26,27)/t13-,15-,16-,19-/m1/s1. The second-order valence-corrected chi connectivity index (χ2v) is 10.7. The smallest absolute Gasteiger partial charge is 0.387 e. The lowest BCUT2D eigenvalue weighted by Gasteiger charge is -2.29. The van der Waals surface area contributed by atoms with Crippen molar-refractivity contribution in [1.82, 2.24) is 29.1 Å². The summed E-state index contributed by atoms with van der Waals surface area (Å²) in [6.07, 6.45) is -7.61.